The minimum absolute atomic E-state index is 0.116. The Labute approximate surface area is 211 Å². The number of hydrogen-bond donors (Lipinski definition) is 2. The summed E-state index contributed by atoms with van der Waals surface area (Å²) in [6.07, 6.45) is 3.03. The van der Waals surface area contributed by atoms with Crippen molar-refractivity contribution in [3.8, 4) is 0 Å². The molecule has 14 heteroatoms. The van der Waals surface area contributed by atoms with E-state index >= 15 is 0 Å². The summed E-state index contributed by atoms with van der Waals surface area (Å²) in [5.41, 5.74) is 16.4. The van der Waals surface area contributed by atoms with Crippen molar-refractivity contribution in [2.24, 2.45) is 10.2 Å². The molecule has 36 heavy (non-hydrogen) atoms. The van der Waals surface area contributed by atoms with Crippen molar-refractivity contribution in [2.75, 3.05) is 39.5 Å². The standard InChI is InChI=1S/C22H40N6O8/c1-2-9-22(35-16-18(29)14-33-20(31)10-5-3-7-12-25-27-23)36-17-19(30)15-34-21(32)11-6-4-8-13-26-28-24/h18-19,22,29-30H,2-17H2,1H3. The van der Waals surface area contributed by atoms with Gasteiger partial charge >= 0.3 is 11.9 Å². The van der Waals surface area contributed by atoms with E-state index < -0.39 is 30.4 Å². The Bertz CT molecular complexity index is 631. The number of unbranched alkanes of at least 4 members (excludes halogenated alkanes) is 4. The highest BCUT2D eigenvalue weighted by molar-refractivity contribution is 5.69. The van der Waals surface area contributed by atoms with Crippen molar-refractivity contribution >= 4 is 11.9 Å². The second-order valence-corrected chi connectivity index (χ2v) is 8.09. The average Bonchev–Trinajstić information content (AvgIpc) is 2.87. The molecule has 2 unspecified atom stereocenters. The van der Waals surface area contributed by atoms with Gasteiger partial charge in [0.25, 0.3) is 0 Å². The van der Waals surface area contributed by atoms with Crippen LogP contribution in [0, 0.1) is 0 Å². The number of esters is 2. The third-order valence-electron chi connectivity index (χ3n) is 4.75. The van der Waals surface area contributed by atoms with Crippen LogP contribution in [0.25, 0.3) is 20.9 Å². The van der Waals surface area contributed by atoms with Gasteiger partial charge in [0.1, 0.15) is 25.4 Å². The topological polar surface area (TPSA) is 209 Å². The van der Waals surface area contributed by atoms with E-state index in [4.69, 9.17) is 30.0 Å². The van der Waals surface area contributed by atoms with Gasteiger partial charge in [0.15, 0.2) is 6.29 Å². The highest BCUT2D eigenvalue weighted by Crippen LogP contribution is 2.08. The van der Waals surface area contributed by atoms with Crippen LogP contribution in [0.4, 0.5) is 0 Å². The second kappa shape index (κ2) is 24.1. The van der Waals surface area contributed by atoms with E-state index in [1.54, 1.807) is 0 Å². The summed E-state index contributed by atoms with van der Waals surface area (Å²) in [6.45, 7) is 2.07. The van der Waals surface area contributed by atoms with Crippen LogP contribution in [0.5, 0.6) is 0 Å². The monoisotopic (exact) mass is 516 g/mol. The van der Waals surface area contributed by atoms with E-state index in [0.717, 1.165) is 19.3 Å². The molecule has 0 aromatic rings. The Kier molecular flexibility index (Phi) is 22.4. The van der Waals surface area contributed by atoms with Crippen LogP contribution < -0.4 is 0 Å². The van der Waals surface area contributed by atoms with E-state index in [1.807, 2.05) is 6.92 Å². The molecule has 0 heterocycles. The minimum Gasteiger partial charge on any atom is -0.463 e. The molecule has 0 saturated heterocycles. The Morgan fingerprint density at radius 1 is 0.750 bits per heavy atom. The molecule has 0 aromatic carbocycles. The van der Waals surface area contributed by atoms with Crippen LogP contribution in [0.15, 0.2) is 10.2 Å². The summed E-state index contributed by atoms with van der Waals surface area (Å²) < 4.78 is 21.1. The number of rotatable bonds is 24. The lowest BCUT2D eigenvalue weighted by Gasteiger charge is -2.21. The molecule has 206 valence electrons. The van der Waals surface area contributed by atoms with E-state index in [2.05, 4.69) is 20.1 Å². The minimum atomic E-state index is -1.03. The van der Waals surface area contributed by atoms with Gasteiger partial charge in [-0.1, -0.05) is 36.4 Å². The van der Waals surface area contributed by atoms with Crippen LogP contribution in [0.2, 0.25) is 0 Å². The van der Waals surface area contributed by atoms with Gasteiger partial charge in [-0.05, 0) is 43.2 Å². The number of nitrogens with zero attached hydrogens (tertiary/aromatic N) is 6. The lowest BCUT2D eigenvalue weighted by atomic mass is 10.2. The van der Waals surface area contributed by atoms with Crippen LogP contribution in [0.1, 0.15) is 71.1 Å². The number of azide groups is 2. The van der Waals surface area contributed by atoms with Crippen LogP contribution >= 0.6 is 0 Å². The summed E-state index contributed by atoms with van der Waals surface area (Å²) in [7, 11) is 0. The van der Waals surface area contributed by atoms with Crippen LogP contribution in [0.3, 0.4) is 0 Å². The molecule has 0 spiro atoms. The number of carbonyl (C=O) groups excluding carboxylic acids is 2. The normalized spacial score (nSPS) is 13.1. The first-order chi connectivity index (χ1) is 17.4. The van der Waals surface area contributed by atoms with E-state index in [1.165, 1.54) is 0 Å². The summed E-state index contributed by atoms with van der Waals surface area (Å²) in [5.74, 6) is -0.852. The molecule has 0 aliphatic rings. The van der Waals surface area contributed by atoms with E-state index in [0.29, 0.717) is 45.2 Å². The van der Waals surface area contributed by atoms with Crippen molar-refractivity contribution in [3.63, 3.8) is 0 Å². The SMILES string of the molecule is CCCC(OCC(O)COC(=O)CCCCCN=[N+]=[N-])OCC(O)COC(=O)CCCCCN=[N+]=[N-]. The maximum Gasteiger partial charge on any atom is 0.305 e. The van der Waals surface area contributed by atoms with Gasteiger partial charge < -0.3 is 29.2 Å². The van der Waals surface area contributed by atoms with E-state index in [-0.39, 0.29) is 39.3 Å². The molecule has 0 aromatic heterocycles. The molecular formula is C22H40N6O8. The second-order valence-electron chi connectivity index (χ2n) is 8.09. The molecule has 2 N–H and O–H groups in total. The molecule has 0 saturated carbocycles. The van der Waals surface area contributed by atoms with Crippen molar-refractivity contribution in [3.05, 3.63) is 20.9 Å². The average molecular weight is 517 g/mol. The van der Waals surface area contributed by atoms with Gasteiger partial charge in [0, 0.05) is 35.8 Å². The summed E-state index contributed by atoms with van der Waals surface area (Å²) in [4.78, 5) is 28.7. The molecule has 0 bridgehead atoms. The zero-order valence-electron chi connectivity index (χ0n) is 21.1. The van der Waals surface area contributed by atoms with Gasteiger partial charge in [-0.15, -0.1) is 0 Å². The van der Waals surface area contributed by atoms with Gasteiger partial charge in [-0.25, -0.2) is 0 Å². The van der Waals surface area contributed by atoms with E-state index in [9.17, 15) is 19.8 Å². The number of carbonyl (C=O) groups is 2. The summed E-state index contributed by atoms with van der Waals surface area (Å²) in [5, 5.41) is 26.8. The summed E-state index contributed by atoms with van der Waals surface area (Å²) >= 11 is 0. The van der Waals surface area contributed by atoms with Gasteiger partial charge in [-0.3, -0.25) is 9.59 Å². The molecule has 0 rings (SSSR count). The fourth-order valence-corrected chi connectivity index (χ4v) is 2.85. The highest BCUT2D eigenvalue weighted by Gasteiger charge is 2.16. The number of aliphatic hydroxyl groups excluding tert-OH is 2. The molecule has 14 nitrogen and oxygen atoms in total. The predicted molar refractivity (Wildman–Crippen MR) is 129 cm³/mol. The number of aliphatic hydroxyl groups is 2. The first-order valence-electron chi connectivity index (χ1n) is 12.3. The highest BCUT2D eigenvalue weighted by atomic mass is 16.7. The van der Waals surface area contributed by atoms with Crippen molar-refractivity contribution in [1.29, 1.82) is 0 Å². The smallest absolute Gasteiger partial charge is 0.305 e. The van der Waals surface area contributed by atoms with Gasteiger partial charge in [-0.2, -0.15) is 0 Å². The molecule has 0 radical (unpaired) electrons. The van der Waals surface area contributed by atoms with Gasteiger partial charge in [0.05, 0.1) is 13.2 Å². The predicted octanol–water partition coefficient (Wildman–Crippen LogP) is 3.70. The summed E-state index contributed by atoms with van der Waals surface area (Å²) in [6, 6.07) is 0. The fraction of sp³-hybridized carbons (Fsp3) is 0.909. The fourth-order valence-electron chi connectivity index (χ4n) is 2.85. The largest absolute Gasteiger partial charge is 0.463 e. The molecule has 0 fully saturated rings. The molecule has 0 amide bonds. The Balaban J connectivity index is 3.99. The zero-order valence-corrected chi connectivity index (χ0v) is 21.1. The Morgan fingerprint density at radius 2 is 1.19 bits per heavy atom. The maximum atomic E-state index is 11.7. The number of ether oxygens (including phenoxy) is 4. The van der Waals surface area contributed by atoms with Crippen molar-refractivity contribution in [1.82, 2.24) is 0 Å². The lowest BCUT2D eigenvalue weighted by molar-refractivity contribution is -0.183. The Hall–Kier alpha value is -2.60. The lowest BCUT2D eigenvalue weighted by Crippen LogP contribution is -2.31. The van der Waals surface area contributed by atoms with Crippen molar-refractivity contribution < 1.29 is 38.7 Å². The van der Waals surface area contributed by atoms with Gasteiger partial charge in [0.2, 0.25) is 0 Å². The molecule has 0 aliphatic carbocycles. The quantitative estimate of drug-likeness (QED) is 0.0481. The first-order valence-corrected chi connectivity index (χ1v) is 12.3. The maximum absolute atomic E-state index is 11.7. The molecule has 2 atom stereocenters. The number of hydrogen-bond acceptors (Lipinski definition) is 10. The first kappa shape index (κ1) is 33.4. The Morgan fingerprint density at radius 3 is 1.58 bits per heavy atom. The van der Waals surface area contributed by atoms with Crippen LogP contribution in [-0.4, -0.2) is 80.2 Å². The molecule has 0 aliphatic heterocycles. The third kappa shape index (κ3) is 21.9. The third-order valence-corrected chi connectivity index (χ3v) is 4.75. The van der Waals surface area contributed by atoms with Crippen molar-refractivity contribution in [2.45, 2.75) is 89.6 Å². The molecular weight excluding hydrogens is 476 g/mol. The van der Waals surface area contributed by atoms with Crippen LogP contribution in [-0.2, 0) is 28.5 Å². The zero-order chi connectivity index (χ0) is 26.9.